The molecule has 0 aliphatic heterocycles. The van der Waals surface area contributed by atoms with Gasteiger partial charge in [0.2, 0.25) is 5.91 Å². The van der Waals surface area contributed by atoms with Crippen LogP contribution >= 0.6 is 0 Å². The Hall–Kier alpha value is -3.62. The fourth-order valence-corrected chi connectivity index (χ4v) is 2.52. The lowest BCUT2D eigenvalue weighted by Gasteiger charge is -2.12. The molecule has 150 valence electrons. The average Bonchev–Trinajstić information content (AvgIpc) is 3.20. The fraction of sp³-hybridized carbons (Fsp3) is 0.150. The third kappa shape index (κ3) is 5.93. The zero-order valence-corrected chi connectivity index (χ0v) is 15.1. The molecule has 0 unspecified atom stereocenters. The van der Waals surface area contributed by atoms with Crippen molar-refractivity contribution in [3.8, 4) is 5.75 Å². The SMILES string of the molecule is O=C(/C=C(/c1ccccc1)C(F)(F)F)Nc1cccc(OCCn2cncn2)c1. The van der Waals surface area contributed by atoms with Gasteiger partial charge < -0.3 is 10.1 Å². The number of benzene rings is 2. The zero-order valence-electron chi connectivity index (χ0n) is 15.1. The van der Waals surface area contributed by atoms with Gasteiger partial charge in [-0.1, -0.05) is 36.4 Å². The topological polar surface area (TPSA) is 69.0 Å². The van der Waals surface area contributed by atoms with Crippen molar-refractivity contribution in [2.24, 2.45) is 0 Å². The Morgan fingerprint density at radius 3 is 2.62 bits per heavy atom. The van der Waals surface area contributed by atoms with E-state index in [0.717, 1.165) is 0 Å². The summed E-state index contributed by atoms with van der Waals surface area (Å²) in [7, 11) is 0. The van der Waals surface area contributed by atoms with Crippen LogP contribution in [0.3, 0.4) is 0 Å². The van der Waals surface area contributed by atoms with Gasteiger partial charge >= 0.3 is 6.18 Å². The van der Waals surface area contributed by atoms with Gasteiger partial charge in [0.25, 0.3) is 0 Å². The van der Waals surface area contributed by atoms with E-state index in [-0.39, 0.29) is 5.56 Å². The zero-order chi connectivity index (χ0) is 20.7. The Balaban J connectivity index is 1.67. The van der Waals surface area contributed by atoms with E-state index in [1.54, 1.807) is 35.3 Å². The third-order valence-electron chi connectivity index (χ3n) is 3.82. The molecule has 0 bridgehead atoms. The molecule has 1 heterocycles. The van der Waals surface area contributed by atoms with E-state index in [4.69, 9.17) is 4.74 Å². The van der Waals surface area contributed by atoms with Crippen LogP contribution in [0.2, 0.25) is 0 Å². The number of carbonyl (C=O) groups excluding carboxylic acids is 1. The number of aromatic nitrogens is 3. The van der Waals surface area contributed by atoms with Gasteiger partial charge in [-0.25, -0.2) is 9.67 Å². The van der Waals surface area contributed by atoms with E-state index in [2.05, 4.69) is 15.4 Å². The molecular formula is C20H17F3N4O2. The van der Waals surface area contributed by atoms with E-state index < -0.39 is 17.7 Å². The molecule has 0 radical (unpaired) electrons. The number of ether oxygens (including phenoxy) is 1. The number of hydrogen-bond donors (Lipinski definition) is 1. The molecule has 0 saturated heterocycles. The first kappa shape index (κ1) is 20.1. The molecule has 3 rings (SSSR count). The lowest BCUT2D eigenvalue weighted by atomic mass is 10.1. The number of allylic oxidation sites excluding steroid dienone is 1. The van der Waals surface area contributed by atoms with Crippen LogP contribution in [0.4, 0.5) is 18.9 Å². The van der Waals surface area contributed by atoms with Crippen LogP contribution in [0.15, 0.2) is 73.3 Å². The fourth-order valence-electron chi connectivity index (χ4n) is 2.52. The van der Waals surface area contributed by atoms with Crippen molar-refractivity contribution < 1.29 is 22.7 Å². The van der Waals surface area contributed by atoms with Crippen LogP contribution < -0.4 is 10.1 Å². The van der Waals surface area contributed by atoms with Crippen LogP contribution in [-0.4, -0.2) is 33.5 Å². The minimum atomic E-state index is -4.66. The van der Waals surface area contributed by atoms with Gasteiger partial charge in [-0.05, 0) is 17.7 Å². The smallest absolute Gasteiger partial charge is 0.417 e. The van der Waals surface area contributed by atoms with Gasteiger partial charge in [0, 0.05) is 17.8 Å². The minimum Gasteiger partial charge on any atom is -0.492 e. The first-order valence-electron chi connectivity index (χ1n) is 8.62. The molecule has 9 heteroatoms. The number of amides is 1. The molecule has 6 nitrogen and oxygen atoms in total. The first-order valence-corrected chi connectivity index (χ1v) is 8.62. The van der Waals surface area contributed by atoms with Crippen molar-refractivity contribution in [2.75, 3.05) is 11.9 Å². The molecule has 3 aromatic rings. The normalized spacial score (nSPS) is 11.9. The van der Waals surface area contributed by atoms with Crippen molar-refractivity contribution in [3.63, 3.8) is 0 Å². The van der Waals surface area contributed by atoms with E-state index in [1.807, 2.05) is 0 Å². The van der Waals surface area contributed by atoms with Crippen LogP contribution in [0.5, 0.6) is 5.75 Å². The van der Waals surface area contributed by atoms with Gasteiger partial charge in [-0.3, -0.25) is 4.79 Å². The molecule has 1 amide bonds. The number of anilines is 1. The maximum atomic E-state index is 13.3. The second-order valence-corrected chi connectivity index (χ2v) is 5.95. The molecule has 0 aliphatic rings. The largest absolute Gasteiger partial charge is 0.492 e. The van der Waals surface area contributed by atoms with Crippen LogP contribution in [-0.2, 0) is 11.3 Å². The minimum absolute atomic E-state index is 0.0830. The molecule has 0 atom stereocenters. The van der Waals surface area contributed by atoms with Gasteiger partial charge in [-0.15, -0.1) is 0 Å². The Morgan fingerprint density at radius 1 is 1.14 bits per heavy atom. The van der Waals surface area contributed by atoms with E-state index in [1.165, 1.54) is 36.7 Å². The van der Waals surface area contributed by atoms with Crippen LogP contribution in [0.1, 0.15) is 5.56 Å². The van der Waals surface area contributed by atoms with Crippen molar-refractivity contribution >= 4 is 17.2 Å². The van der Waals surface area contributed by atoms with E-state index in [9.17, 15) is 18.0 Å². The lowest BCUT2D eigenvalue weighted by Crippen LogP contribution is -2.16. The highest BCUT2D eigenvalue weighted by atomic mass is 19.4. The molecule has 0 fully saturated rings. The number of nitrogens with zero attached hydrogens (tertiary/aromatic N) is 3. The molecule has 29 heavy (non-hydrogen) atoms. The summed E-state index contributed by atoms with van der Waals surface area (Å²) >= 11 is 0. The number of halogens is 3. The summed E-state index contributed by atoms with van der Waals surface area (Å²) in [5.41, 5.74) is -0.782. The maximum absolute atomic E-state index is 13.3. The highest BCUT2D eigenvalue weighted by Crippen LogP contribution is 2.33. The molecule has 1 N–H and O–H groups in total. The highest BCUT2D eigenvalue weighted by Gasteiger charge is 2.35. The Bertz CT molecular complexity index is 971. The van der Waals surface area contributed by atoms with E-state index in [0.29, 0.717) is 30.7 Å². The molecule has 0 saturated carbocycles. The van der Waals surface area contributed by atoms with Gasteiger partial charge in [-0.2, -0.15) is 18.3 Å². The summed E-state index contributed by atoms with van der Waals surface area (Å²) in [5, 5.41) is 6.38. The number of carbonyl (C=O) groups is 1. The number of alkyl halides is 3. The predicted molar refractivity (Wildman–Crippen MR) is 101 cm³/mol. The van der Waals surface area contributed by atoms with Crippen LogP contribution in [0, 0.1) is 0 Å². The highest BCUT2D eigenvalue weighted by molar-refractivity contribution is 6.04. The molecule has 0 aliphatic carbocycles. The number of rotatable bonds is 7. The van der Waals surface area contributed by atoms with Gasteiger partial charge in [0.15, 0.2) is 0 Å². The third-order valence-corrected chi connectivity index (χ3v) is 3.82. The van der Waals surface area contributed by atoms with E-state index >= 15 is 0 Å². The molecule has 2 aromatic carbocycles. The standard InChI is InChI=1S/C20H17F3N4O2/c21-20(22,23)18(15-5-2-1-3-6-15)12-19(28)26-16-7-4-8-17(11-16)29-10-9-27-14-24-13-25-27/h1-8,11-14H,9-10H2,(H,26,28)/b18-12-. The Kier molecular flexibility index (Phi) is 6.28. The second-order valence-electron chi connectivity index (χ2n) is 5.95. The van der Waals surface area contributed by atoms with Crippen LogP contribution in [0.25, 0.3) is 5.57 Å². The summed E-state index contributed by atoms with van der Waals surface area (Å²) < 4.78 is 47.2. The van der Waals surface area contributed by atoms with Crippen molar-refractivity contribution in [1.82, 2.24) is 14.8 Å². The Morgan fingerprint density at radius 2 is 1.93 bits per heavy atom. The molecule has 1 aromatic heterocycles. The number of hydrogen-bond acceptors (Lipinski definition) is 4. The first-order chi connectivity index (χ1) is 13.9. The van der Waals surface area contributed by atoms with Crippen molar-refractivity contribution in [1.29, 1.82) is 0 Å². The summed E-state index contributed by atoms with van der Waals surface area (Å²) in [6.45, 7) is 0.790. The lowest BCUT2D eigenvalue weighted by molar-refractivity contribution is -0.112. The Labute approximate surface area is 164 Å². The quantitative estimate of drug-likeness (QED) is 0.608. The predicted octanol–water partition coefficient (Wildman–Crippen LogP) is 3.94. The average molecular weight is 402 g/mol. The van der Waals surface area contributed by atoms with Gasteiger partial charge in [0.1, 0.15) is 25.0 Å². The summed E-state index contributed by atoms with van der Waals surface area (Å²) in [5.74, 6) is -0.424. The second kappa shape index (κ2) is 9.05. The summed E-state index contributed by atoms with van der Waals surface area (Å²) in [6, 6.07) is 13.6. The summed E-state index contributed by atoms with van der Waals surface area (Å²) in [6.07, 6.45) is -1.15. The van der Waals surface area contributed by atoms with Crippen molar-refractivity contribution in [3.05, 3.63) is 78.9 Å². The summed E-state index contributed by atoms with van der Waals surface area (Å²) in [4.78, 5) is 16.0. The van der Waals surface area contributed by atoms with Gasteiger partial charge in [0.05, 0.1) is 12.1 Å². The van der Waals surface area contributed by atoms with Crippen molar-refractivity contribution in [2.45, 2.75) is 12.7 Å². The maximum Gasteiger partial charge on any atom is 0.417 e. The molecule has 0 spiro atoms. The monoisotopic (exact) mass is 402 g/mol. The molecular weight excluding hydrogens is 385 g/mol. The number of nitrogens with one attached hydrogen (secondary N) is 1.